The number of alkyl halides is 4. The molecule has 0 N–H and O–H groups in total. The average molecular weight is 274 g/mol. The molecule has 6 heteroatoms. The van der Waals surface area contributed by atoms with Crippen molar-refractivity contribution in [1.82, 2.24) is 4.90 Å². The minimum atomic E-state index is -4.39. The van der Waals surface area contributed by atoms with Crippen molar-refractivity contribution >= 4 is 21.8 Å². The van der Waals surface area contributed by atoms with Gasteiger partial charge in [-0.2, -0.15) is 13.2 Å². The first-order valence-electron chi connectivity index (χ1n) is 4.36. The van der Waals surface area contributed by atoms with Crippen molar-refractivity contribution in [2.45, 2.75) is 31.5 Å². The van der Waals surface area contributed by atoms with Gasteiger partial charge in [-0.3, -0.25) is 4.79 Å². The second kappa shape index (κ2) is 4.51. The molecule has 1 unspecified atom stereocenters. The molecule has 0 radical (unpaired) electrons. The van der Waals surface area contributed by atoms with Crippen LogP contribution < -0.4 is 0 Å². The lowest BCUT2D eigenvalue weighted by Crippen LogP contribution is -2.38. The van der Waals surface area contributed by atoms with Crippen LogP contribution in [0.2, 0.25) is 0 Å². The molecule has 82 valence electrons. The van der Waals surface area contributed by atoms with Gasteiger partial charge in [0.25, 0.3) is 0 Å². The predicted molar refractivity (Wildman–Crippen MR) is 49.2 cm³/mol. The predicted octanol–water partition coefficient (Wildman–Crippen LogP) is 2.32. The summed E-state index contributed by atoms with van der Waals surface area (Å²) in [5.74, 6) is -0.806. The largest absolute Gasteiger partial charge is 0.397 e. The van der Waals surface area contributed by atoms with Crippen molar-refractivity contribution in [2.24, 2.45) is 0 Å². The molecule has 0 saturated carbocycles. The smallest absolute Gasteiger partial charge is 0.339 e. The molecule has 1 fully saturated rings. The number of hydrogen-bond acceptors (Lipinski definition) is 1. The first-order chi connectivity index (χ1) is 6.44. The fraction of sp³-hybridized carbons (Fsp3) is 0.875. The van der Waals surface area contributed by atoms with Gasteiger partial charge in [-0.25, -0.2) is 0 Å². The topological polar surface area (TPSA) is 20.3 Å². The number of carbonyl (C=O) groups is 1. The van der Waals surface area contributed by atoms with E-state index in [2.05, 4.69) is 15.9 Å². The highest BCUT2D eigenvalue weighted by molar-refractivity contribution is 9.09. The van der Waals surface area contributed by atoms with Gasteiger partial charge in [0, 0.05) is 17.9 Å². The molecule has 1 aliphatic rings. The van der Waals surface area contributed by atoms with E-state index >= 15 is 0 Å². The van der Waals surface area contributed by atoms with Crippen LogP contribution in [0.25, 0.3) is 0 Å². The quantitative estimate of drug-likeness (QED) is 0.708. The molecule has 1 rings (SSSR count). The molecule has 0 bridgehead atoms. The minimum absolute atomic E-state index is 0.0650. The fourth-order valence-corrected chi connectivity index (χ4v) is 2.27. The van der Waals surface area contributed by atoms with Crippen molar-refractivity contribution in [3.05, 3.63) is 0 Å². The molecule has 0 aromatic rings. The average Bonchev–Trinajstić information content (AvgIpc) is 2.47. The number of amides is 1. The number of likely N-dealkylation sites (tertiary alicyclic amines) is 1. The summed E-state index contributed by atoms with van der Waals surface area (Å²) in [5.41, 5.74) is 0. The number of carbonyl (C=O) groups excluding carboxylic acids is 1. The molecule has 1 atom stereocenters. The summed E-state index contributed by atoms with van der Waals surface area (Å²) in [6.07, 6.45) is -4.15. The standard InChI is InChI=1S/C8H11BrF3NO/c9-5-6-2-1-3-13(6)7(14)4-8(10,11)12/h6H,1-5H2. The lowest BCUT2D eigenvalue weighted by Gasteiger charge is -2.23. The minimum Gasteiger partial charge on any atom is -0.339 e. The van der Waals surface area contributed by atoms with E-state index in [1.54, 1.807) is 0 Å². The monoisotopic (exact) mass is 273 g/mol. The first kappa shape index (κ1) is 11.8. The van der Waals surface area contributed by atoms with Crippen LogP contribution in [0.1, 0.15) is 19.3 Å². The molecular weight excluding hydrogens is 263 g/mol. The van der Waals surface area contributed by atoms with Crippen molar-refractivity contribution in [2.75, 3.05) is 11.9 Å². The van der Waals surface area contributed by atoms with E-state index in [4.69, 9.17) is 0 Å². The maximum atomic E-state index is 11.9. The Kier molecular flexibility index (Phi) is 3.80. The molecule has 0 aromatic heterocycles. The van der Waals surface area contributed by atoms with Gasteiger partial charge in [-0.05, 0) is 12.8 Å². The summed E-state index contributed by atoms with van der Waals surface area (Å²) >= 11 is 3.19. The summed E-state index contributed by atoms with van der Waals surface area (Å²) in [5, 5.41) is 0.552. The molecule has 1 heterocycles. The molecule has 0 aromatic carbocycles. The van der Waals surface area contributed by atoms with Gasteiger partial charge >= 0.3 is 6.18 Å². The fourth-order valence-electron chi connectivity index (χ4n) is 1.60. The normalized spacial score (nSPS) is 22.9. The Bertz CT molecular complexity index is 219. The Balaban J connectivity index is 2.52. The second-order valence-electron chi connectivity index (χ2n) is 3.33. The molecule has 0 spiro atoms. The molecule has 1 amide bonds. The van der Waals surface area contributed by atoms with E-state index in [0.29, 0.717) is 11.9 Å². The summed E-state index contributed by atoms with van der Waals surface area (Å²) in [4.78, 5) is 12.5. The second-order valence-corrected chi connectivity index (χ2v) is 3.98. The highest BCUT2D eigenvalue weighted by Crippen LogP contribution is 2.25. The van der Waals surface area contributed by atoms with Crippen LogP contribution in [0.4, 0.5) is 13.2 Å². The summed E-state index contributed by atoms with van der Waals surface area (Å²) in [6, 6.07) is -0.0650. The van der Waals surface area contributed by atoms with Gasteiger partial charge in [-0.1, -0.05) is 15.9 Å². The number of rotatable bonds is 2. The zero-order valence-corrected chi connectivity index (χ0v) is 9.07. The Morgan fingerprint density at radius 3 is 2.64 bits per heavy atom. The van der Waals surface area contributed by atoms with E-state index in [9.17, 15) is 18.0 Å². The van der Waals surface area contributed by atoms with Crippen molar-refractivity contribution in [3.8, 4) is 0 Å². The van der Waals surface area contributed by atoms with Crippen LogP contribution in [0.3, 0.4) is 0 Å². The highest BCUT2D eigenvalue weighted by atomic mass is 79.9. The molecule has 14 heavy (non-hydrogen) atoms. The van der Waals surface area contributed by atoms with Crippen LogP contribution in [-0.4, -0.2) is 34.9 Å². The van der Waals surface area contributed by atoms with E-state index in [-0.39, 0.29) is 6.04 Å². The van der Waals surface area contributed by atoms with Crippen LogP contribution >= 0.6 is 15.9 Å². The molecule has 1 saturated heterocycles. The van der Waals surface area contributed by atoms with E-state index in [1.165, 1.54) is 4.90 Å². The summed E-state index contributed by atoms with van der Waals surface area (Å²) < 4.78 is 35.8. The third-order valence-corrected chi connectivity index (χ3v) is 2.97. The third-order valence-electron chi connectivity index (χ3n) is 2.23. The maximum Gasteiger partial charge on any atom is 0.397 e. The third kappa shape index (κ3) is 3.15. The van der Waals surface area contributed by atoms with Gasteiger partial charge in [0.2, 0.25) is 5.91 Å². The first-order valence-corrected chi connectivity index (χ1v) is 5.48. The zero-order chi connectivity index (χ0) is 10.8. The molecular formula is C8H11BrF3NO. The van der Waals surface area contributed by atoms with Gasteiger partial charge < -0.3 is 4.90 Å². The van der Waals surface area contributed by atoms with Crippen molar-refractivity contribution < 1.29 is 18.0 Å². The Hall–Kier alpha value is -0.260. The molecule has 0 aliphatic carbocycles. The van der Waals surface area contributed by atoms with Crippen LogP contribution in [0, 0.1) is 0 Å². The summed E-state index contributed by atoms with van der Waals surface area (Å²) in [7, 11) is 0. The van der Waals surface area contributed by atoms with E-state index in [0.717, 1.165) is 12.8 Å². The van der Waals surface area contributed by atoms with Gasteiger partial charge in [0.15, 0.2) is 0 Å². The van der Waals surface area contributed by atoms with Crippen molar-refractivity contribution in [1.29, 1.82) is 0 Å². The van der Waals surface area contributed by atoms with Gasteiger partial charge in [0.1, 0.15) is 6.42 Å². The lowest BCUT2D eigenvalue weighted by atomic mass is 10.2. The van der Waals surface area contributed by atoms with Crippen LogP contribution in [-0.2, 0) is 4.79 Å². The van der Waals surface area contributed by atoms with Crippen LogP contribution in [0.5, 0.6) is 0 Å². The van der Waals surface area contributed by atoms with E-state index < -0.39 is 18.5 Å². The summed E-state index contributed by atoms with van der Waals surface area (Å²) in [6.45, 7) is 0.450. The van der Waals surface area contributed by atoms with Crippen LogP contribution in [0.15, 0.2) is 0 Å². The highest BCUT2D eigenvalue weighted by Gasteiger charge is 2.36. The number of halogens is 4. The Morgan fingerprint density at radius 2 is 2.14 bits per heavy atom. The van der Waals surface area contributed by atoms with E-state index in [1.807, 2.05) is 0 Å². The Labute approximate surface area is 88.6 Å². The number of nitrogens with zero attached hydrogens (tertiary/aromatic N) is 1. The van der Waals surface area contributed by atoms with Gasteiger partial charge in [0.05, 0.1) is 0 Å². The molecule has 1 aliphatic heterocycles. The van der Waals surface area contributed by atoms with Crippen molar-refractivity contribution in [3.63, 3.8) is 0 Å². The lowest BCUT2D eigenvalue weighted by molar-refractivity contribution is -0.161. The maximum absolute atomic E-state index is 11.9. The SMILES string of the molecule is O=C(CC(F)(F)F)N1CCCC1CBr. The number of hydrogen-bond donors (Lipinski definition) is 0. The van der Waals surface area contributed by atoms with Gasteiger partial charge in [-0.15, -0.1) is 0 Å². The zero-order valence-electron chi connectivity index (χ0n) is 7.48. The molecule has 2 nitrogen and oxygen atoms in total. The Morgan fingerprint density at radius 1 is 1.50 bits per heavy atom.